The number of amides is 1. The van der Waals surface area contributed by atoms with Crippen molar-refractivity contribution >= 4 is 6.09 Å². The molecule has 3 aromatic carbocycles. The molecule has 0 saturated heterocycles. The summed E-state index contributed by atoms with van der Waals surface area (Å²) in [7, 11) is 1.92. The highest BCUT2D eigenvalue weighted by Crippen LogP contribution is 2.44. The SMILES string of the molecule is CNCc1ccc(C#CCNC(=O)OCC2c3ccccc3-c3ccccc32)cc1. The quantitative estimate of drug-likeness (QED) is 0.633. The lowest BCUT2D eigenvalue weighted by Gasteiger charge is -2.14. The first-order valence-electron chi connectivity index (χ1n) is 10.1. The third kappa shape index (κ3) is 4.37. The van der Waals surface area contributed by atoms with Crippen LogP contribution in [0, 0.1) is 11.8 Å². The summed E-state index contributed by atoms with van der Waals surface area (Å²) in [6.07, 6.45) is -0.449. The third-order valence-corrected chi connectivity index (χ3v) is 5.23. The second-order valence-electron chi connectivity index (χ2n) is 7.21. The molecule has 0 spiro atoms. The lowest BCUT2D eigenvalue weighted by Crippen LogP contribution is -2.26. The highest BCUT2D eigenvalue weighted by molar-refractivity contribution is 5.79. The zero-order valence-corrected chi connectivity index (χ0v) is 16.9. The molecule has 0 aliphatic heterocycles. The Hall–Kier alpha value is -3.55. The molecular formula is C26H24N2O2. The Morgan fingerprint density at radius 2 is 1.57 bits per heavy atom. The highest BCUT2D eigenvalue weighted by Gasteiger charge is 2.28. The Morgan fingerprint density at radius 3 is 2.20 bits per heavy atom. The molecule has 1 amide bonds. The van der Waals surface area contributed by atoms with Gasteiger partial charge < -0.3 is 15.4 Å². The number of benzene rings is 3. The maximum atomic E-state index is 12.1. The van der Waals surface area contributed by atoms with Gasteiger partial charge in [0.2, 0.25) is 0 Å². The minimum absolute atomic E-state index is 0.0605. The molecule has 0 heterocycles. The van der Waals surface area contributed by atoms with E-state index >= 15 is 0 Å². The first kappa shape index (κ1) is 19.8. The summed E-state index contributed by atoms with van der Waals surface area (Å²) < 4.78 is 5.51. The van der Waals surface area contributed by atoms with E-state index in [2.05, 4.69) is 46.7 Å². The number of hydrogen-bond acceptors (Lipinski definition) is 3. The van der Waals surface area contributed by atoms with Crippen LogP contribution in [0.2, 0.25) is 0 Å². The van der Waals surface area contributed by atoms with Gasteiger partial charge in [-0.1, -0.05) is 72.5 Å². The van der Waals surface area contributed by atoms with Crippen molar-refractivity contribution in [2.24, 2.45) is 0 Å². The van der Waals surface area contributed by atoms with Crippen LogP contribution >= 0.6 is 0 Å². The van der Waals surface area contributed by atoms with E-state index in [0.717, 1.165) is 12.1 Å². The normalized spacial score (nSPS) is 11.8. The van der Waals surface area contributed by atoms with E-state index in [9.17, 15) is 4.79 Å². The lowest BCUT2D eigenvalue weighted by molar-refractivity contribution is 0.144. The van der Waals surface area contributed by atoms with Crippen LogP contribution in [0.3, 0.4) is 0 Å². The van der Waals surface area contributed by atoms with Gasteiger partial charge >= 0.3 is 6.09 Å². The molecule has 0 aromatic heterocycles. The lowest BCUT2D eigenvalue weighted by atomic mass is 9.98. The molecule has 3 aromatic rings. The molecule has 2 N–H and O–H groups in total. The summed E-state index contributed by atoms with van der Waals surface area (Å²) in [4.78, 5) is 12.1. The van der Waals surface area contributed by atoms with Crippen LogP contribution in [-0.2, 0) is 11.3 Å². The van der Waals surface area contributed by atoms with Gasteiger partial charge in [0.1, 0.15) is 6.61 Å². The van der Waals surface area contributed by atoms with Crippen molar-refractivity contribution in [3.05, 3.63) is 95.1 Å². The van der Waals surface area contributed by atoms with Crippen molar-refractivity contribution in [1.82, 2.24) is 10.6 Å². The van der Waals surface area contributed by atoms with Crippen molar-refractivity contribution in [3.8, 4) is 23.0 Å². The zero-order chi connectivity index (χ0) is 20.8. The molecular weight excluding hydrogens is 372 g/mol. The molecule has 0 radical (unpaired) electrons. The predicted octanol–water partition coefficient (Wildman–Crippen LogP) is 4.30. The predicted molar refractivity (Wildman–Crippen MR) is 119 cm³/mol. The fourth-order valence-corrected chi connectivity index (χ4v) is 3.82. The Balaban J connectivity index is 1.31. The van der Waals surface area contributed by atoms with Crippen molar-refractivity contribution in [3.63, 3.8) is 0 Å². The maximum Gasteiger partial charge on any atom is 0.407 e. The second-order valence-corrected chi connectivity index (χ2v) is 7.21. The van der Waals surface area contributed by atoms with Gasteiger partial charge in [0.15, 0.2) is 0 Å². The number of alkyl carbamates (subject to hydrolysis) is 1. The Labute approximate surface area is 177 Å². The summed E-state index contributed by atoms with van der Waals surface area (Å²) in [5, 5.41) is 5.83. The number of hydrogen-bond donors (Lipinski definition) is 2. The number of rotatable bonds is 5. The fourth-order valence-electron chi connectivity index (χ4n) is 3.82. The minimum atomic E-state index is -0.449. The van der Waals surface area contributed by atoms with E-state index in [1.54, 1.807) is 0 Å². The van der Waals surface area contributed by atoms with Crippen LogP contribution < -0.4 is 10.6 Å². The number of carbonyl (C=O) groups is 1. The van der Waals surface area contributed by atoms with Crippen LogP contribution in [0.4, 0.5) is 4.79 Å². The molecule has 4 heteroatoms. The zero-order valence-electron chi connectivity index (χ0n) is 16.9. The number of fused-ring (bicyclic) bond motifs is 3. The van der Waals surface area contributed by atoms with Crippen molar-refractivity contribution in [1.29, 1.82) is 0 Å². The highest BCUT2D eigenvalue weighted by atomic mass is 16.5. The van der Waals surface area contributed by atoms with Crippen LogP contribution in [0.15, 0.2) is 72.8 Å². The van der Waals surface area contributed by atoms with Gasteiger partial charge in [-0.3, -0.25) is 0 Å². The van der Waals surface area contributed by atoms with Gasteiger partial charge in [-0.15, -0.1) is 0 Å². The molecule has 0 fully saturated rings. The van der Waals surface area contributed by atoms with E-state index in [1.165, 1.54) is 27.8 Å². The molecule has 150 valence electrons. The molecule has 1 aliphatic carbocycles. The first-order chi connectivity index (χ1) is 14.8. The molecule has 4 rings (SSSR count). The smallest absolute Gasteiger partial charge is 0.407 e. The van der Waals surface area contributed by atoms with E-state index in [0.29, 0.717) is 6.61 Å². The van der Waals surface area contributed by atoms with Crippen molar-refractivity contribution in [2.45, 2.75) is 12.5 Å². The summed E-state index contributed by atoms with van der Waals surface area (Å²) in [6, 6.07) is 24.6. The average Bonchev–Trinajstić information content (AvgIpc) is 3.10. The minimum Gasteiger partial charge on any atom is -0.449 e. The van der Waals surface area contributed by atoms with E-state index in [-0.39, 0.29) is 12.5 Å². The largest absolute Gasteiger partial charge is 0.449 e. The van der Waals surface area contributed by atoms with Crippen LogP contribution in [0.1, 0.15) is 28.2 Å². The van der Waals surface area contributed by atoms with Crippen molar-refractivity contribution < 1.29 is 9.53 Å². The standard InChI is InChI=1S/C26H24N2O2/c1-27-17-20-14-12-19(13-15-20)7-6-16-28-26(29)30-18-25-23-10-4-2-8-21(23)22-9-3-5-11-24(22)25/h2-5,8-15,25,27H,16-18H2,1H3,(H,28,29). The number of nitrogens with one attached hydrogen (secondary N) is 2. The van der Waals surface area contributed by atoms with Gasteiger partial charge in [-0.05, 0) is 47.0 Å². The fraction of sp³-hybridized carbons (Fsp3) is 0.192. The molecule has 0 atom stereocenters. The maximum absolute atomic E-state index is 12.1. The van der Waals surface area contributed by atoms with Gasteiger partial charge in [-0.25, -0.2) is 4.79 Å². The molecule has 0 bridgehead atoms. The molecule has 1 aliphatic rings. The molecule has 0 saturated carbocycles. The van der Waals surface area contributed by atoms with E-state index in [4.69, 9.17) is 4.74 Å². The first-order valence-corrected chi connectivity index (χ1v) is 10.1. The van der Waals surface area contributed by atoms with Gasteiger partial charge in [0.25, 0.3) is 0 Å². The Bertz CT molecular complexity index is 1050. The van der Waals surface area contributed by atoms with Crippen LogP contribution in [0.5, 0.6) is 0 Å². The number of ether oxygens (including phenoxy) is 1. The Kier molecular flexibility index (Phi) is 6.12. The average molecular weight is 396 g/mol. The van der Waals surface area contributed by atoms with Gasteiger partial charge in [0, 0.05) is 18.0 Å². The number of carbonyl (C=O) groups excluding carboxylic acids is 1. The molecule has 30 heavy (non-hydrogen) atoms. The van der Waals surface area contributed by atoms with Crippen molar-refractivity contribution in [2.75, 3.05) is 20.2 Å². The molecule has 0 unspecified atom stereocenters. The topological polar surface area (TPSA) is 50.4 Å². The van der Waals surface area contributed by atoms with E-state index in [1.807, 2.05) is 55.6 Å². The summed E-state index contributed by atoms with van der Waals surface area (Å²) in [6.45, 7) is 1.38. The van der Waals surface area contributed by atoms with Crippen LogP contribution in [-0.4, -0.2) is 26.3 Å². The Morgan fingerprint density at radius 1 is 0.933 bits per heavy atom. The van der Waals surface area contributed by atoms with Gasteiger partial charge in [0.05, 0.1) is 6.54 Å². The van der Waals surface area contributed by atoms with Gasteiger partial charge in [-0.2, -0.15) is 0 Å². The third-order valence-electron chi connectivity index (χ3n) is 5.23. The summed E-state index contributed by atoms with van der Waals surface area (Å²) in [5.41, 5.74) is 6.97. The summed E-state index contributed by atoms with van der Waals surface area (Å²) in [5.74, 6) is 6.08. The van der Waals surface area contributed by atoms with E-state index < -0.39 is 6.09 Å². The second kappa shape index (κ2) is 9.30. The summed E-state index contributed by atoms with van der Waals surface area (Å²) >= 11 is 0. The van der Waals surface area contributed by atoms with Crippen LogP contribution in [0.25, 0.3) is 11.1 Å². The molecule has 4 nitrogen and oxygen atoms in total. The monoisotopic (exact) mass is 396 g/mol.